The number of halogens is 2. The lowest BCUT2D eigenvalue weighted by atomic mass is 10.1. The van der Waals surface area contributed by atoms with Gasteiger partial charge in [0.15, 0.2) is 5.82 Å². The summed E-state index contributed by atoms with van der Waals surface area (Å²) in [5.41, 5.74) is 1.22. The Bertz CT molecular complexity index is 1080. The van der Waals surface area contributed by atoms with Gasteiger partial charge in [0, 0.05) is 36.2 Å². The Balaban J connectivity index is 1.53. The van der Waals surface area contributed by atoms with Gasteiger partial charge in [-0.25, -0.2) is 4.39 Å². The highest BCUT2D eigenvalue weighted by Crippen LogP contribution is 2.34. The van der Waals surface area contributed by atoms with Gasteiger partial charge >= 0.3 is 0 Å². The maximum atomic E-state index is 13.2. The van der Waals surface area contributed by atoms with Crippen molar-refractivity contribution >= 4 is 17.3 Å². The number of nitro groups is 1. The van der Waals surface area contributed by atoms with E-state index in [4.69, 9.17) is 16.1 Å². The zero-order valence-electron chi connectivity index (χ0n) is 15.7. The number of hydrogen-bond donors (Lipinski definition) is 1. The second-order valence-electron chi connectivity index (χ2n) is 7.18. The largest absolute Gasteiger partial charge is 0.392 e. The molecule has 4 rings (SSSR count). The molecular formula is C20H18ClFN4O4. The van der Waals surface area contributed by atoms with Gasteiger partial charge in [-0.3, -0.25) is 15.0 Å². The van der Waals surface area contributed by atoms with Crippen LogP contribution < -0.4 is 0 Å². The molecule has 0 radical (unpaired) electrons. The van der Waals surface area contributed by atoms with E-state index in [9.17, 15) is 19.6 Å². The average Bonchev–Trinajstić information content (AvgIpc) is 3.30. The molecule has 0 saturated carbocycles. The van der Waals surface area contributed by atoms with Gasteiger partial charge in [-0.15, -0.1) is 0 Å². The van der Waals surface area contributed by atoms with Crippen molar-refractivity contribution in [3.05, 3.63) is 86.3 Å². The molecule has 0 bridgehead atoms. The Hall–Kier alpha value is -2.88. The van der Waals surface area contributed by atoms with E-state index in [0.29, 0.717) is 35.8 Å². The molecule has 0 unspecified atom stereocenters. The second kappa shape index (κ2) is 8.47. The van der Waals surface area contributed by atoms with Crippen molar-refractivity contribution < 1.29 is 18.9 Å². The molecule has 10 heteroatoms. The molecule has 1 aliphatic rings. The number of nitrogens with zero attached hydrogens (tertiary/aromatic N) is 4. The van der Waals surface area contributed by atoms with Crippen molar-refractivity contribution in [1.82, 2.24) is 15.0 Å². The minimum absolute atomic E-state index is 0.0230. The number of hydrogen-bond acceptors (Lipinski definition) is 7. The van der Waals surface area contributed by atoms with Crippen LogP contribution in [0, 0.1) is 15.9 Å². The van der Waals surface area contributed by atoms with Crippen molar-refractivity contribution in [2.75, 3.05) is 6.54 Å². The fourth-order valence-electron chi connectivity index (χ4n) is 3.66. The zero-order chi connectivity index (χ0) is 21.3. The topological polar surface area (TPSA) is 106 Å². The molecule has 3 aromatic rings. The first-order chi connectivity index (χ1) is 14.4. The van der Waals surface area contributed by atoms with Gasteiger partial charge in [-0.05, 0) is 24.1 Å². The number of para-hydroxylation sites is 1. The summed E-state index contributed by atoms with van der Waals surface area (Å²) in [5.74, 6) is 0.270. The molecule has 1 aromatic heterocycles. The zero-order valence-corrected chi connectivity index (χ0v) is 16.5. The van der Waals surface area contributed by atoms with Crippen LogP contribution in [0.15, 0.2) is 47.0 Å². The van der Waals surface area contributed by atoms with E-state index in [-0.39, 0.29) is 29.7 Å². The fraction of sp³-hybridized carbons (Fsp3) is 0.300. The first-order valence-electron chi connectivity index (χ1n) is 9.31. The third-order valence-corrected chi connectivity index (χ3v) is 5.43. The highest BCUT2D eigenvalue weighted by atomic mass is 35.5. The molecule has 1 N–H and O–H groups in total. The van der Waals surface area contributed by atoms with E-state index in [0.717, 1.165) is 0 Å². The highest BCUT2D eigenvalue weighted by Gasteiger charge is 2.36. The second-order valence-corrected chi connectivity index (χ2v) is 7.59. The van der Waals surface area contributed by atoms with Crippen LogP contribution in [0.4, 0.5) is 10.1 Å². The van der Waals surface area contributed by atoms with Crippen LogP contribution in [0.2, 0.25) is 5.02 Å². The monoisotopic (exact) mass is 432 g/mol. The lowest BCUT2D eigenvalue weighted by molar-refractivity contribution is -0.385. The number of likely N-dealkylation sites (tertiary alicyclic amines) is 1. The van der Waals surface area contributed by atoms with Gasteiger partial charge in [0.25, 0.3) is 5.69 Å². The highest BCUT2D eigenvalue weighted by molar-refractivity contribution is 6.31. The van der Waals surface area contributed by atoms with E-state index >= 15 is 0 Å². The van der Waals surface area contributed by atoms with E-state index in [1.165, 1.54) is 18.2 Å². The molecule has 0 spiro atoms. The van der Waals surface area contributed by atoms with Crippen LogP contribution in [-0.2, 0) is 13.0 Å². The maximum absolute atomic E-state index is 13.2. The van der Waals surface area contributed by atoms with Gasteiger partial charge < -0.3 is 9.63 Å². The molecule has 2 aromatic carbocycles. The van der Waals surface area contributed by atoms with Gasteiger partial charge in [0.2, 0.25) is 5.89 Å². The third kappa shape index (κ3) is 4.33. The Labute approximate surface area is 176 Å². The van der Waals surface area contributed by atoms with Crippen molar-refractivity contribution in [1.29, 1.82) is 0 Å². The van der Waals surface area contributed by atoms with Crippen LogP contribution >= 0.6 is 11.6 Å². The van der Waals surface area contributed by atoms with Gasteiger partial charge in [0.1, 0.15) is 5.82 Å². The molecule has 30 heavy (non-hydrogen) atoms. The summed E-state index contributed by atoms with van der Waals surface area (Å²) in [6, 6.07) is 10.2. The summed E-state index contributed by atoms with van der Waals surface area (Å²) in [6.45, 7) is 0.596. The van der Waals surface area contributed by atoms with Crippen molar-refractivity contribution in [3.8, 4) is 0 Å². The van der Waals surface area contributed by atoms with Crippen LogP contribution in [0.25, 0.3) is 0 Å². The normalized spacial score (nSPS) is 19.3. The summed E-state index contributed by atoms with van der Waals surface area (Å²) in [6.07, 6.45) is 0.0291. The lowest BCUT2D eigenvalue weighted by Crippen LogP contribution is -2.25. The molecule has 156 valence electrons. The van der Waals surface area contributed by atoms with Crippen molar-refractivity contribution in [2.24, 2.45) is 0 Å². The number of benzene rings is 2. The standard InChI is InChI=1S/C20H18ClFN4O4/c21-16-8-14(22)6-5-12(16)7-19-23-20(30-24-19)18-9-15(27)11-25(18)10-13-3-1-2-4-17(13)26(28)29/h1-6,8,15,18,27H,7,9-11H2/t15-,18+/m1/s1. The fourth-order valence-corrected chi connectivity index (χ4v) is 3.90. The van der Waals surface area contributed by atoms with Crippen molar-refractivity contribution in [3.63, 3.8) is 0 Å². The Kier molecular flexibility index (Phi) is 5.76. The smallest absolute Gasteiger partial charge is 0.273 e. The molecule has 1 aliphatic heterocycles. The van der Waals surface area contributed by atoms with Gasteiger partial charge in [0.05, 0.1) is 17.1 Å². The van der Waals surface area contributed by atoms with E-state index in [1.54, 1.807) is 24.3 Å². The number of aliphatic hydroxyl groups excluding tert-OH is 1. The average molecular weight is 433 g/mol. The third-order valence-electron chi connectivity index (χ3n) is 5.08. The quantitative estimate of drug-likeness (QED) is 0.468. The Morgan fingerprint density at radius 3 is 2.87 bits per heavy atom. The summed E-state index contributed by atoms with van der Waals surface area (Å²) in [4.78, 5) is 17.2. The van der Waals surface area contributed by atoms with Gasteiger partial charge in [-0.2, -0.15) is 4.98 Å². The first-order valence-corrected chi connectivity index (χ1v) is 9.69. The maximum Gasteiger partial charge on any atom is 0.273 e. The SMILES string of the molecule is O=[N+]([O-])c1ccccc1CN1C[C@H](O)C[C@H]1c1nc(Cc2ccc(F)cc2Cl)no1. The Morgan fingerprint density at radius 1 is 1.30 bits per heavy atom. The van der Waals surface area contributed by atoms with Crippen LogP contribution in [-0.4, -0.2) is 37.7 Å². The number of β-amino-alcohol motifs (C(OH)–C–C–N with tert-alkyl or cyclic N) is 1. The molecule has 0 aliphatic carbocycles. The Morgan fingerprint density at radius 2 is 2.10 bits per heavy atom. The molecule has 1 saturated heterocycles. The summed E-state index contributed by atoms with van der Waals surface area (Å²) >= 11 is 6.06. The summed E-state index contributed by atoms with van der Waals surface area (Å²) in [7, 11) is 0. The molecular weight excluding hydrogens is 415 g/mol. The molecule has 2 heterocycles. The summed E-state index contributed by atoms with van der Waals surface area (Å²) in [5, 5.41) is 25.7. The van der Waals surface area contributed by atoms with Crippen LogP contribution in [0.3, 0.4) is 0 Å². The van der Waals surface area contributed by atoms with Crippen molar-refractivity contribution in [2.45, 2.75) is 31.5 Å². The number of nitro benzene ring substituents is 1. The minimum Gasteiger partial charge on any atom is -0.392 e. The van der Waals surface area contributed by atoms with Gasteiger partial charge in [-0.1, -0.05) is 41.0 Å². The first kappa shape index (κ1) is 20.4. The van der Waals surface area contributed by atoms with Crippen LogP contribution in [0.1, 0.15) is 35.3 Å². The molecule has 2 atom stereocenters. The predicted molar refractivity (Wildman–Crippen MR) is 105 cm³/mol. The minimum atomic E-state index is -0.611. The molecule has 0 amide bonds. The van der Waals surface area contributed by atoms with E-state index in [2.05, 4.69) is 10.1 Å². The molecule has 8 nitrogen and oxygen atoms in total. The van der Waals surface area contributed by atoms with E-state index < -0.39 is 16.8 Å². The number of rotatable bonds is 6. The van der Waals surface area contributed by atoms with Crippen LogP contribution in [0.5, 0.6) is 0 Å². The number of aliphatic hydroxyl groups is 1. The predicted octanol–water partition coefficient (Wildman–Crippen LogP) is 3.67. The molecule has 1 fully saturated rings. The lowest BCUT2D eigenvalue weighted by Gasteiger charge is -2.21. The number of aromatic nitrogens is 2. The van der Waals surface area contributed by atoms with E-state index in [1.807, 2.05) is 4.90 Å². The summed E-state index contributed by atoms with van der Waals surface area (Å²) < 4.78 is 18.6.